The van der Waals surface area contributed by atoms with E-state index in [0.717, 1.165) is 0 Å². The molecule has 82 valence electrons. The molecule has 0 atom stereocenters. The van der Waals surface area contributed by atoms with Gasteiger partial charge in [0.15, 0.2) is 0 Å². The molecule has 0 unspecified atom stereocenters. The summed E-state index contributed by atoms with van der Waals surface area (Å²) in [6, 6.07) is 5.84. The summed E-state index contributed by atoms with van der Waals surface area (Å²) in [5.74, 6) is 0.564. The van der Waals surface area contributed by atoms with Crippen LogP contribution in [0.15, 0.2) is 24.3 Å². The molecule has 0 saturated carbocycles. The molecule has 0 aliphatic carbocycles. The van der Waals surface area contributed by atoms with Crippen LogP contribution in [0.1, 0.15) is 6.42 Å². The summed E-state index contributed by atoms with van der Waals surface area (Å²) in [7, 11) is 0. The van der Waals surface area contributed by atoms with Crippen LogP contribution in [0.2, 0.25) is 0 Å². The molecule has 0 spiro atoms. The van der Waals surface area contributed by atoms with Crippen LogP contribution in [0.4, 0.5) is 5.69 Å². The SMILES string of the molecule is O=[N+]([O-])c1ccc(OCCC(Cl)Cl)cc1. The maximum absolute atomic E-state index is 10.3. The molecule has 15 heavy (non-hydrogen) atoms. The zero-order chi connectivity index (χ0) is 11.3. The number of benzene rings is 1. The Hall–Kier alpha value is -1.00. The smallest absolute Gasteiger partial charge is 0.269 e. The van der Waals surface area contributed by atoms with E-state index in [-0.39, 0.29) is 5.69 Å². The van der Waals surface area contributed by atoms with Gasteiger partial charge in [0.1, 0.15) is 10.6 Å². The third-order valence-electron chi connectivity index (χ3n) is 1.65. The molecule has 0 fully saturated rings. The standard InChI is InChI=1S/C9H9Cl2NO3/c10-9(11)5-6-15-8-3-1-7(2-4-8)12(13)14/h1-4,9H,5-6H2. The van der Waals surface area contributed by atoms with Crippen LogP contribution < -0.4 is 4.74 Å². The number of alkyl halides is 2. The molecule has 0 heterocycles. The monoisotopic (exact) mass is 249 g/mol. The maximum Gasteiger partial charge on any atom is 0.269 e. The van der Waals surface area contributed by atoms with E-state index in [4.69, 9.17) is 27.9 Å². The lowest BCUT2D eigenvalue weighted by Gasteiger charge is -2.05. The molecule has 1 aromatic rings. The van der Waals surface area contributed by atoms with Crippen molar-refractivity contribution in [2.45, 2.75) is 11.3 Å². The summed E-state index contributed by atoms with van der Waals surface area (Å²) < 4.78 is 5.26. The molecule has 0 N–H and O–H groups in total. The van der Waals surface area contributed by atoms with E-state index in [1.165, 1.54) is 24.3 Å². The van der Waals surface area contributed by atoms with E-state index >= 15 is 0 Å². The number of nitro groups is 1. The minimum absolute atomic E-state index is 0.0370. The van der Waals surface area contributed by atoms with Crippen molar-refractivity contribution in [1.29, 1.82) is 0 Å². The molecule has 0 aliphatic heterocycles. The van der Waals surface area contributed by atoms with Gasteiger partial charge in [0.25, 0.3) is 5.69 Å². The van der Waals surface area contributed by atoms with E-state index in [0.29, 0.717) is 18.8 Å². The van der Waals surface area contributed by atoms with Crippen LogP contribution in [0.3, 0.4) is 0 Å². The fourth-order valence-electron chi connectivity index (χ4n) is 0.930. The summed E-state index contributed by atoms with van der Waals surface area (Å²) in [6.45, 7) is 0.384. The molecule has 0 aromatic heterocycles. The van der Waals surface area contributed by atoms with Crippen molar-refractivity contribution >= 4 is 28.9 Å². The number of non-ortho nitro benzene ring substituents is 1. The van der Waals surface area contributed by atoms with E-state index in [2.05, 4.69) is 0 Å². The second-order valence-corrected chi connectivity index (χ2v) is 4.06. The Morgan fingerprint density at radius 1 is 1.33 bits per heavy atom. The van der Waals surface area contributed by atoms with Gasteiger partial charge in [0.2, 0.25) is 0 Å². The Morgan fingerprint density at radius 3 is 2.40 bits per heavy atom. The van der Waals surface area contributed by atoms with E-state index in [1.54, 1.807) is 0 Å². The summed E-state index contributed by atoms with van der Waals surface area (Å²) in [5.41, 5.74) is 0.0370. The predicted molar refractivity (Wildman–Crippen MR) is 58.7 cm³/mol. The molecule has 0 amide bonds. The number of hydrogen-bond donors (Lipinski definition) is 0. The highest BCUT2D eigenvalue weighted by Crippen LogP contribution is 2.18. The minimum atomic E-state index is -0.461. The number of nitrogens with zero attached hydrogens (tertiary/aromatic N) is 1. The van der Waals surface area contributed by atoms with Crippen LogP contribution in [0, 0.1) is 10.1 Å². The highest BCUT2D eigenvalue weighted by atomic mass is 35.5. The van der Waals surface area contributed by atoms with E-state index < -0.39 is 9.76 Å². The number of nitro benzene ring substituents is 1. The third-order valence-corrected chi connectivity index (χ3v) is 2.09. The number of hydrogen-bond acceptors (Lipinski definition) is 3. The first-order chi connectivity index (χ1) is 7.09. The lowest BCUT2D eigenvalue weighted by atomic mass is 10.3. The Kier molecular flexibility index (Phi) is 4.65. The Balaban J connectivity index is 2.46. The van der Waals surface area contributed by atoms with Crippen molar-refractivity contribution in [3.05, 3.63) is 34.4 Å². The minimum Gasteiger partial charge on any atom is -0.493 e. The Bertz CT molecular complexity index is 327. The van der Waals surface area contributed by atoms with Crippen LogP contribution >= 0.6 is 23.2 Å². The molecule has 0 aliphatic rings. The summed E-state index contributed by atoms with van der Waals surface area (Å²) in [4.78, 5) is 9.43. The molecule has 0 radical (unpaired) electrons. The Labute approximate surface area is 96.9 Å². The van der Waals surface area contributed by atoms with Crippen molar-refractivity contribution in [2.24, 2.45) is 0 Å². The van der Waals surface area contributed by atoms with Gasteiger partial charge < -0.3 is 4.74 Å². The average Bonchev–Trinajstić information content (AvgIpc) is 2.18. The molecule has 6 heteroatoms. The first-order valence-electron chi connectivity index (χ1n) is 4.25. The first kappa shape index (κ1) is 12.1. The number of rotatable bonds is 5. The molecule has 0 saturated heterocycles. The summed E-state index contributed by atoms with van der Waals surface area (Å²) in [5, 5.41) is 10.3. The normalized spacial score (nSPS) is 10.3. The van der Waals surface area contributed by atoms with Crippen molar-refractivity contribution in [3.8, 4) is 5.75 Å². The van der Waals surface area contributed by atoms with Crippen molar-refractivity contribution in [3.63, 3.8) is 0 Å². The second kappa shape index (κ2) is 5.78. The highest BCUT2D eigenvalue weighted by molar-refractivity contribution is 6.44. The van der Waals surface area contributed by atoms with Crippen LogP contribution in [-0.4, -0.2) is 16.4 Å². The predicted octanol–water partition coefficient (Wildman–Crippen LogP) is 3.17. The van der Waals surface area contributed by atoms with E-state index in [9.17, 15) is 10.1 Å². The van der Waals surface area contributed by atoms with Crippen molar-refractivity contribution < 1.29 is 9.66 Å². The molecular formula is C9H9Cl2NO3. The van der Waals surface area contributed by atoms with Crippen molar-refractivity contribution in [1.82, 2.24) is 0 Å². The second-order valence-electron chi connectivity index (χ2n) is 2.78. The van der Waals surface area contributed by atoms with Gasteiger partial charge >= 0.3 is 0 Å². The fraction of sp³-hybridized carbons (Fsp3) is 0.333. The molecular weight excluding hydrogens is 241 g/mol. The van der Waals surface area contributed by atoms with Gasteiger partial charge in [-0.3, -0.25) is 10.1 Å². The molecule has 0 bridgehead atoms. The van der Waals surface area contributed by atoms with Gasteiger partial charge in [-0.15, -0.1) is 23.2 Å². The molecule has 1 aromatic carbocycles. The quantitative estimate of drug-likeness (QED) is 0.458. The third kappa shape index (κ3) is 4.36. The Morgan fingerprint density at radius 2 is 1.93 bits per heavy atom. The van der Waals surface area contributed by atoms with Gasteiger partial charge in [-0.25, -0.2) is 0 Å². The number of halogens is 2. The first-order valence-corrected chi connectivity index (χ1v) is 5.12. The topological polar surface area (TPSA) is 52.4 Å². The lowest BCUT2D eigenvalue weighted by molar-refractivity contribution is -0.384. The van der Waals surface area contributed by atoms with E-state index in [1.807, 2.05) is 0 Å². The zero-order valence-corrected chi connectivity index (χ0v) is 9.24. The van der Waals surface area contributed by atoms with Gasteiger partial charge in [-0.05, 0) is 12.1 Å². The van der Waals surface area contributed by atoms with Gasteiger partial charge in [0.05, 0.1) is 11.5 Å². The van der Waals surface area contributed by atoms with Gasteiger partial charge in [-0.2, -0.15) is 0 Å². The molecule has 4 nitrogen and oxygen atoms in total. The fourth-order valence-corrected chi connectivity index (χ4v) is 1.11. The summed E-state index contributed by atoms with van der Waals surface area (Å²) in [6.07, 6.45) is 0.514. The maximum atomic E-state index is 10.3. The average molecular weight is 250 g/mol. The van der Waals surface area contributed by atoms with Gasteiger partial charge in [0, 0.05) is 18.6 Å². The largest absolute Gasteiger partial charge is 0.493 e. The zero-order valence-electron chi connectivity index (χ0n) is 7.73. The van der Waals surface area contributed by atoms with Gasteiger partial charge in [-0.1, -0.05) is 0 Å². The number of ether oxygens (including phenoxy) is 1. The molecule has 1 rings (SSSR count). The highest BCUT2D eigenvalue weighted by Gasteiger charge is 2.04. The van der Waals surface area contributed by atoms with Crippen LogP contribution in [0.5, 0.6) is 5.75 Å². The lowest BCUT2D eigenvalue weighted by Crippen LogP contribution is -2.01. The van der Waals surface area contributed by atoms with Crippen LogP contribution in [-0.2, 0) is 0 Å². The summed E-state index contributed by atoms with van der Waals surface area (Å²) >= 11 is 11.0. The van der Waals surface area contributed by atoms with Crippen LogP contribution in [0.25, 0.3) is 0 Å². The van der Waals surface area contributed by atoms with Crippen molar-refractivity contribution in [2.75, 3.05) is 6.61 Å².